The summed E-state index contributed by atoms with van der Waals surface area (Å²) in [5.41, 5.74) is 17.6. The lowest BCUT2D eigenvalue weighted by molar-refractivity contribution is 0.464. The van der Waals surface area contributed by atoms with Crippen LogP contribution in [0.4, 0.5) is 0 Å². The van der Waals surface area contributed by atoms with Gasteiger partial charge >= 0.3 is 0 Å². The molecule has 2 aliphatic heterocycles. The summed E-state index contributed by atoms with van der Waals surface area (Å²) in [7, 11) is 0. The average Bonchev–Trinajstić information content (AvgIpc) is 3.94. The van der Waals surface area contributed by atoms with Gasteiger partial charge in [-0.25, -0.2) is 0 Å². The third-order valence-electron chi connectivity index (χ3n) is 13.9. The number of fused-ring (bicyclic) bond motifs is 16. The van der Waals surface area contributed by atoms with Crippen LogP contribution < -0.4 is 25.9 Å². The molecule has 62 heavy (non-hydrogen) atoms. The Morgan fingerprint density at radius 2 is 1.08 bits per heavy atom. The van der Waals surface area contributed by atoms with Gasteiger partial charge in [0.2, 0.25) is 0 Å². The first-order chi connectivity index (χ1) is 30.5. The first-order valence-corrected chi connectivity index (χ1v) is 21.4. The zero-order chi connectivity index (χ0) is 40.8. The summed E-state index contributed by atoms with van der Waals surface area (Å²) in [6, 6.07) is 65.1. The fourth-order valence-corrected chi connectivity index (χ4v) is 11.2. The maximum Gasteiger partial charge on any atom is 0.260 e. The van der Waals surface area contributed by atoms with Crippen LogP contribution in [0.1, 0.15) is 25.0 Å². The molecule has 4 heterocycles. The zero-order valence-electron chi connectivity index (χ0n) is 34.1. The van der Waals surface area contributed by atoms with E-state index in [-0.39, 0.29) is 12.1 Å². The van der Waals surface area contributed by atoms with E-state index in [2.05, 4.69) is 200 Å². The van der Waals surface area contributed by atoms with Gasteiger partial charge in [-0.2, -0.15) is 0 Å². The standard InChI is InChI=1S/C57H36BNO3/c1-57(2)41-22-12-9-19-38(41)51-53(57)50-39-20-10-13-23-44(39)59(55(50)52-40-21-11-14-24-45(40)62-56(51)52)37-31-48-54-49(32-37)61-47-30-36(34-17-7-4-8-18-34)26-28-43(47)58(54)42-27-25-35(29-46(42)60-48)33-15-5-3-6-16-33/h3-32H,1-2H3. The first kappa shape index (κ1) is 34.0. The van der Waals surface area contributed by atoms with Crippen molar-refractivity contribution in [1.29, 1.82) is 0 Å². The Kier molecular flexibility index (Phi) is 6.68. The molecule has 3 aliphatic rings. The van der Waals surface area contributed by atoms with Crippen molar-refractivity contribution >= 4 is 66.8 Å². The van der Waals surface area contributed by atoms with E-state index in [4.69, 9.17) is 13.9 Å². The molecule has 290 valence electrons. The van der Waals surface area contributed by atoms with Crippen molar-refractivity contribution in [2.45, 2.75) is 19.3 Å². The van der Waals surface area contributed by atoms with Crippen LogP contribution in [0.2, 0.25) is 0 Å². The Bertz CT molecular complexity index is 3610. The summed E-state index contributed by atoms with van der Waals surface area (Å²) in [5.74, 6) is 3.31. The molecule has 0 bridgehead atoms. The van der Waals surface area contributed by atoms with Crippen LogP contribution in [0.3, 0.4) is 0 Å². The summed E-state index contributed by atoms with van der Waals surface area (Å²) in [6.07, 6.45) is 0. The predicted octanol–water partition coefficient (Wildman–Crippen LogP) is 13.1. The third kappa shape index (κ3) is 4.47. The van der Waals surface area contributed by atoms with Gasteiger partial charge in [0.05, 0.1) is 22.1 Å². The van der Waals surface area contributed by atoms with Crippen LogP contribution in [0.25, 0.3) is 82.8 Å². The van der Waals surface area contributed by atoms with Crippen molar-refractivity contribution in [3.63, 3.8) is 0 Å². The molecule has 1 aliphatic carbocycles. The zero-order valence-corrected chi connectivity index (χ0v) is 34.1. The van der Waals surface area contributed by atoms with Crippen LogP contribution in [-0.4, -0.2) is 11.3 Å². The van der Waals surface area contributed by atoms with E-state index in [9.17, 15) is 0 Å². The second-order valence-electron chi connectivity index (χ2n) is 17.5. The van der Waals surface area contributed by atoms with E-state index >= 15 is 0 Å². The van der Waals surface area contributed by atoms with Gasteiger partial charge in [-0.1, -0.05) is 159 Å². The highest BCUT2D eigenvalue weighted by Gasteiger charge is 2.43. The number of aromatic nitrogens is 1. The van der Waals surface area contributed by atoms with E-state index in [0.29, 0.717) is 0 Å². The lowest BCUT2D eigenvalue weighted by Gasteiger charge is -2.34. The van der Waals surface area contributed by atoms with E-state index in [1.54, 1.807) is 0 Å². The molecular weight excluding hydrogens is 757 g/mol. The molecule has 0 radical (unpaired) electrons. The fraction of sp³-hybridized carbons (Fsp3) is 0.0526. The Morgan fingerprint density at radius 1 is 0.500 bits per heavy atom. The molecule has 0 saturated heterocycles. The van der Waals surface area contributed by atoms with E-state index < -0.39 is 0 Å². The van der Waals surface area contributed by atoms with Crippen molar-refractivity contribution in [2.75, 3.05) is 0 Å². The molecule has 2 aromatic heterocycles. The van der Waals surface area contributed by atoms with Crippen LogP contribution in [0.15, 0.2) is 186 Å². The van der Waals surface area contributed by atoms with Crippen molar-refractivity contribution < 1.29 is 13.9 Å². The second-order valence-corrected chi connectivity index (χ2v) is 17.5. The summed E-state index contributed by atoms with van der Waals surface area (Å²) < 4.78 is 23.7. The monoisotopic (exact) mass is 793 g/mol. The molecule has 0 unspecified atom stereocenters. The van der Waals surface area contributed by atoms with Gasteiger partial charge in [-0.3, -0.25) is 0 Å². The lowest BCUT2D eigenvalue weighted by Crippen LogP contribution is -2.57. The van der Waals surface area contributed by atoms with Crippen LogP contribution in [-0.2, 0) is 5.41 Å². The third-order valence-corrected chi connectivity index (χ3v) is 13.9. The van der Waals surface area contributed by atoms with Crippen LogP contribution in [0.5, 0.6) is 23.0 Å². The molecule has 4 nitrogen and oxygen atoms in total. The highest BCUT2D eigenvalue weighted by molar-refractivity contribution is 6.98. The number of para-hydroxylation sites is 2. The van der Waals surface area contributed by atoms with Gasteiger partial charge in [0.15, 0.2) is 0 Å². The molecule has 9 aromatic carbocycles. The number of rotatable bonds is 3. The number of furan rings is 1. The number of nitrogens with zero attached hydrogens (tertiary/aromatic N) is 1. The Labute approximate surface area is 358 Å². The summed E-state index contributed by atoms with van der Waals surface area (Å²) in [5, 5.41) is 4.66. The topological polar surface area (TPSA) is 36.5 Å². The average molecular weight is 794 g/mol. The van der Waals surface area contributed by atoms with E-state index in [1.807, 2.05) is 0 Å². The molecule has 0 spiro atoms. The highest BCUT2D eigenvalue weighted by Crippen LogP contribution is 2.58. The summed E-state index contributed by atoms with van der Waals surface area (Å²) in [6.45, 7) is 4.65. The van der Waals surface area contributed by atoms with E-state index in [0.717, 1.165) is 100 Å². The van der Waals surface area contributed by atoms with Crippen LogP contribution in [0, 0.1) is 0 Å². The van der Waals surface area contributed by atoms with Crippen LogP contribution >= 0.6 is 0 Å². The Balaban J connectivity index is 1.08. The Hall–Kier alpha value is -7.76. The SMILES string of the molecule is CC1(C)c2ccccc2-c2c1c1c3ccccc3n(-c3cc4c5c(c3)Oc3cc(-c6ccccc6)ccc3B5c3ccc(-c5ccccc5)cc3O4)c1c1c2oc2ccccc21. The Morgan fingerprint density at radius 3 is 1.76 bits per heavy atom. The summed E-state index contributed by atoms with van der Waals surface area (Å²) in [4.78, 5) is 0. The van der Waals surface area contributed by atoms with Gasteiger partial charge in [0.25, 0.3) is 6.71 Å². The molecule has 11 aromatic rings. The number of hydrogen-bond acceptors (Lipinski definition) is 3. The van der Waals surface area contributed by atoms with Gasteiger partial charge in [0.1, 0.15) is 34.2 Å². The van der Waals surface area contributed by atoms with Gasteiger partial charge in [-0.15, -0.1) is 0 Å². The largest absolute Gasteiger partial charge is 0.458 e. The minimum Gasteiger partial charge on any atom is -0.458 e. The number of ether oxygens (including phenoxy) is 2. The van der Waals surface area contributed by atoms with Crippen molar-refractivity contribution in [2.24, 2.45) is 0 Å². The van der Waals surface area contributed by atoms with E-state index in [1.165, 1.54) is 33.0 Å². The van der Waals surface area contributed by atoms with Gasteiger partial charge in [0, 0.05) is 44.7 Å². The van der Waals surface area contributed by atoms with Gasteiger partial charge in [-0.05, 0) is 74.1 Å². The maximum atomic E-state index is 7.14. The minimum absolute atomic E-state index is 0.0820. The van der Waals surface area contributed by atoms with Crippen molar-refractivity contribution in [3.05, 3.63) is 193 Å². The molecule has 0 saturated carbocycles. The normalized spacial score (nSPS) is 14.0. The number of benzene rings is 9. The minimum atomic E-state index is -0.284. The smallest absolute Gasteiger partial charge is 0.260 e. The van der Waals surface area contributed by atoms with Gasteiger partial charge < -0.3 is 18.5 Å². The quantitative estimate of drug-likeness (QED) is 0.167. The predicted molar refractivity (Wildman–Crippen MR) is 254 cm³/mol. The first-order valence-electron chi connectivity index (χ1n) is 21.4. The van der Waals surface area contributed by atoms with Crippen molar-refractivity contribution in [1.82, 2.24) is 4.57 Å². The second kappa shape index (κ2) is 12.2. The highest BCUT2D eigenvalue weighted by atomic mass is 16.5. The molecule has 0 fully saturated rings. The summed E-state index contributed by atoms with van der Waals surface area (Å²) >= 11 is 0. The maximum absolute atomic E-state index is 7.14. The molecule has 0 atom stereocenters. The molecule has 14 rings (SSSR count). The molecule has 5 heteroatoms. The molecule has 0 amide bonds. The number of hydrogen-bond donors (Lipinski definition) is 0. The molecule has 0 N–H and O–H groups in total. The molecular formula is C57H36BNO3. The van der Waals surface area contributed by atoms with Crippen molar-refractivity contribution in [3.8, 4) is 62.1 Å². The fourth-order valence-electron chi connectivity index (χ4n) is 11.2. The lowest BCUT2D eigenvalue weighted by atomic mass is 9.34.